The fraction of sp³-hybridized carbons (Fsp3) is 0.333. The minimum Gasteiger partial charge on any atom is -0.505 e. The number of aryl methyl sites for hydroxylation is 2. The van der Waals surface area contributed by atoms with Crippen molar-refractivity contribution in [3.8, 4) is 17.2 Å². The Morgan fingerprint density at radius 3 is 1.48 bits per heavy atom. The highest BCUT2D eigenvalue weighted by atomic mass is 32.1. The molecule has 0 spiro atoms. The van der Waals surface area contributed by atoms with Gasteiger partial charge in [0.15, 0.2) is 36.6 Å². The molecule has 0 saturated heterocycles. The largest absolute Gasteiger partial charge is 0.505 e. The van der Waals surface area contributed by atoms with Gasteiger partial charge in [0.05, 0.1) is 23.8 Å². The van der Waals surface area contributed by atoms with E-state index in [0.717, 1.165) is 24.0 Å². The van der Waals surface area contributed by atoms with Crippen molar-refractivity contribution in [3.05, 3.63) is 132 Å². The summed E-state index contributed by atoms with van der Waals surface area (Å²) in [5.74, 6) is -0.957. The second-order valence-corrected chi connectivity index (χ2v) is 26.6. The molecule has 0 radical (unpaired) electrons. The number of carbonyl (C=O) groups is 1. The molecule has 344 valence electrons. The number of carboxylic acid groups (broad SMARTS) is 1. The van der Waals surface area contributed by atoms with Crippen molar-refractivity contribution in [2.45, 2.75) is 65.2 Å². The summed E-state index contributed by atoms with van der Waals surface area (Å²) in [6, 6.07) is 24.9. The van der Waals surface area contributed by atoms with Gasteiger partial charge in [0.1, 0.15) is 5.75 Å². The fourth-order valence-corrected chi connectivity index (χ4v) is 5.64. The van der Waals surface area contributed by atoms with Crippen LogP contribution in [-0.4, -0.2) is 90.9 Å². The number of pyridine rings is 3. The van der Waals surface area contributed by atoms with Crippen LogP contribution in [0.15, 0.2) is 110 Å². The van der Waals surface area contributed by atoms with Gasteiger partial charge in [-0.25, -0.2) is 14.2 Å². The molecule has 0 bridgehead atoms. The standard InChI is InChI=1S/C12H10FN.C12H21NO2Si.C11H18FNO2Si.C7H7NO3.2O2S/c13-14(11-7-3-1-4-8-11)12-9-5-2-6-10-12;1-11-5-6-13-9-12(11)15-10-14-7-8-16(2,3)4;1-16(2,3)7-6-14-9-15-11-8-13-5-4-10(11)12;1-4-2-3-8-5(6(4)9)7(10)11;2*1-3-2/h1-10H;5-6,9H,7-8,10H2,1-4H3;4-5,8H,6-7,9H2,1-3H3;2-3,9H,1H3,(H,10,11);;. The van der Waals surface area contributed by atoms with E-state index in [4.69, 9.17) is 46.0 Å². The van der Waals surface area contributed by atoms with Crippen LogP contribution >= 0.6 is 0 Å². The summed E-state index contributed by atoms with van der Waals surface area (Å²) in [4.78, 5) is 21.6. The lowest BCUT2D eigenvalue weighted by Gasteiger charge is -2.15. The number of aromatic hydroxyl groups is 1. The number of benzene rings is 2. The van der Waals surface area contributed by atoms with E-state index in [2.05, 4.69) is 54.2 Å². The quantitative estimate of drug-likeness (QED) is 0.0435. The van der Waals surface area contributed by atoms with Gasteiger partial charge in [0.2, 0.25) is 0 Å². The van der Waals surface area contributed by atoms with Crippen LogP contribution in [0.3, 0.4) is 0 Å². The van der Waals surface area contributed by atoms with Gasteiger partial charge in [-0.05, 0) is 79.5 Å². The van der Waals surface area contributed by atoms with Crippen LogP contribution in [-0.2, 0) is 32.6 Å². The van der Waals surface area contributed by atoms with E-state index in [1.165, 1.54) is 30.7 Å². The van der Waals surface area contributed by atoms with Gasteiger partial charge in [0.25, 0.3) is 0 Å². The predicted octanol–water partition coefficient (Wildman–Crippen LogP) is 9.16. The van der Waals surface area contributed by atoms with E-state index in [9.17, 15) is 13.7 Å². The molecule has 0 amide bonds. The molecular formula is C42H56F2N4O11S2Si2. The number of aromatic carboxylic acids is 1. The van der Waals surface area contributed by atoms with Gasteiger partial charge in [-0.15, -0.1) is 0 Å². The molecule has 0 aliphatic rings. The average Bonchev–Trinajstić information content (AvgIpc) is 3.24. The van der Waals surface area contributed by atoms with E-state index in [1.807, 2.05) is 49.4 Å². The summed E-state index contributed by atoms with van der Waals surface area (Å²) in [6.45, 7) is 19.3. The third-order valence-corrected chi connectivity index (χ3v) is 11.0. The maximum Gasteiger partial charge on any atom is 0.358 e. The average molecular weight is 951 g/mol. The van der Waals surface area contributed by atoms with Crippen LogP contribution in [0.4, 0.5) is 20.2 Å². The van der Waals surface area contributed by atoms with Crippen LogP contribution in [0, 0.1) is 19.7 Å². The summed E-state index contributed by atoms with van der Waals surface area (Å²) in [5, 5.41) is 18.3. The minimum atomic E-state index is -1.22. The topological polar surface area (TPSA) is 205 Å². The number of aromatic nitrogens is 3. The first-order chi connectivity index (χ1) is 29.8. The first kappa shape index (κ1) is 57.4. The highest BCUT2D eigenvalue weighted by molar-refractivity contribution is 7.51. The number of rotatable bonds is 15. The normalized spacial score (nSPS) is 10.1. The number of para-hydroxylation sites is 2. The second-order valence-electron chi connectivity index (χ2n) is 15.1. The minimum absolute atomic E-state index is 0.0765. The Kier molecular flexibility index (Phi) is 30.1. The number of hydrogen-bond acceptors (Lipinski definition) is 14. The Balaban J connectivity index is 0.000000784. The number of nitrogens with zero attached hydrogens (tertiary/aromatic N) is 4. The molecule has 3 heterocycles. The van der Waals surface area contributed by atoms with Crippen molar-refractivity contribution in [1.82, 2.24) is 15.0 Å². The molecule has 2 N–H and O–H groups in total. The Labute approximate surface area is 376 Å². The SMILES string of the molecule is C[Si](C)(C)CCOCOc1cnccc1F.Cc1ccnc(C(=O)O)c1O.Cc1ccncc1OCOCC[Si](C)(C)C.FN(c1ccccc1)c1ccccc1.O=S=O.O=S=O. The number of halogens is 2. The van der Waals surface area contributed by atoms with Crippen molar-refractivity contribution in [2.24, 2.45) is 0 Å². The van der Waals surface area contributed by atoms with Gasteiger partial charge in [-0.3, -0.25) is 9.97 Å². The molecule has 63 heavy (non-hydrogen) atoms. The van der Waals surface area contributed by atoms with Crippen LogP contribution in [0.1, 0.15) is 21.6 Å². The zero-order valence-electron chi connectivity index (χ0n) is 36.6. The van der Waals surface area contributed by atoms with Crippen molar-refractivity contribution in [3.63, 3.8) is 0 Å². The first-order valence-corrected chi connectivity index (χ1v) is 27.7. The van der Waals surface area contributed by atoms with Gasteiger partial charge < -0.3 is 29.2 Å². The monoisotopic (exact) mass is 950 g/mol. The van der Waals surface area contributed by atoms with E-state index >= 15 is 0 Å². The van der Waals surface area contributed by atoms with Crippen LogP contribution in [0.2, 0.25) is 51.4 Å². The van der Waals surface area contributed by atoms with E-state index in [1.54, 1.807) is 49.6 Å². The molecule has 21 heteroatoms. The van der Waals surface area contributed by atoms with Crippen LogP contribution in [0.25, 0.3) is 0 Å². The highest BCUT2D eigenvalue weighted by Gasteiger charge is 2.14. The van der Waals surface area contributed by atoms with Crippen LogP contribution in [0.5, 0.6) is 17.2 Å². The number of hydrogen-bond donors (Lipinski definition) is 2. The molecule has 5 aromatic rings. The molecule has 0 aliphatic carbocycles. The maximum atomic E-state index is 13.7. The lowest BCUT2D eigenvalue weighted by Crippen LogP contribution is -2.22. The van der Waals surface area contributed by atoms with E-state index in [-0.39, 0.29) is 24.0 Å². The molecule has 0 atom stereocenters. The van der Waals surface area contributed by atoms with Crippen molar-refractivity contribution in [2.75, 3.05) is 31.9 Å². The third kappa shape index (κ3) is 28.6. The fourth-order valence-electron chi connectivity index (χ4n) is 4.13. The van der Waals surface area contributed by atoms with Gasteiger partial charge in [0, 0.05) is 48.0 Å². The summed E-state index contributed by atoms with van der Waals surface area (Å²) < 4.78 is 81.3. The molecular weight excluding hydrogens is 895 g/mol. The number of ether oxygens (including phenoxy) is 4. The zero-order chi connectivity index (χ0) is 47.7. The van der Waals surface area contributed by atoms with Gasteiger partial charge >= 0.3 is 29.1 Å². The Hall–Kier alpha value is -5.59. The zero-order valence-corrected chi connectivity index (χ0v) is 40.2. The summed E-state index contributed by atoms with van der Waals surface area (Å²) in [6.07, 6.45) is 7.55. The number of carboxylic acids is 1. The molecule has 5 rings (SSSR count). The van der Waals surface area contributed by atoms with Crippen LogP contribution < -0.4 is 14.6 Å². The van der Waals surface area contributed by atoms with E-state index in [0.29, 0.717) is 35.5 Å². The first-order valence-electron chi connectivity index (χ1n) is 19.0. The Bertz CT molecular complexity index is 1980. The van der Waals surface area contributed by atoms with Crippen molar-refractivity contribution in [1.29, 1.82) is 0 Å². The lowest BCUT2D eigenvalue weighted by atomic mass is 10.2. The molecule has 15 nitrogen and oxygen atoms in total. The summed E-state index contributed by atoms with van der Waals surface area (Å²) in [7, 11) is -2.05. The third-order valence-electron chi connectivity index (χ3n) is 7.61. The molecule has 0 aliphatic heterocycles. The van der Waals surface area contributed by atoms with Gasteiger partial charge in [-0.1, -0.05) is 80.2 Å². The molecule has 0 fully saturated rings. The summed E-state index contributed by atoms with van der Waals surface area (Å²) in [5.41, 5.74) is 2.38. The van der Waals surface area contributed by atoms with Gasteiger partial charge in [-0.2, -0.15) is 22.0 Å². The predicted molar refractivity (Wildman–Crippen MR) is 244 cm³/mol. The Morgan fingerprint density at radius 1 is 0.667 bits per heavy atom. The number of anilines is 2. The van der Waals surface area contributed by atoms with Crippen molar-refractivity contribution < 1.29 is 59.7 Å². The molecule has 0 unspecified atom stereocenters. The second kappa shape index (κ2) is 33.0. The summed E-state index contributed by atoms with van der Waals surface area (Å²) >= 11 is -1.50. The molecule has 2 aromatic carbocycles. The molecule has 3 aromatic heterocycles. The molecule has 0 saturated carbocycles. The smallest absolute Gasteiger partial charge is 0.358 e. The van der Waals surface area contributed by atoms with Crippen molar-refractivity contribution >= 4 is 56.6 Å². The lowest BCUT2D eigenvalue weighted by molar-refractivity contribution is 0.0195. The van der Waals surface area contributed by atoms with E-state index < -0.39 is 51.1 Å². The maximum absolute atomic E-state index is 13.7. The highest BCUT2D eigenvalue weighted by Crippen LogP contribution is 2.25. The Morgan fingerprint density at radius 2 is 1.08 bits per heavy atom.